The van der Waals surface area contributed by atoms with Gasteiger partial charge in [-0.15, -0.1) is 0 Å². The van der Waals surface area contributed by atoms with Crippen molar-refractivity contribution < 1.29 is 36.6 Å². The SMILES string of the molecule is Cc1ccc(Br)cc1C1C(=O)NC2(CCC(O)(C(F)(F)C(F)(F)F)CC2)C1=O. The number of amides is 1. The lowest BCUT2D eigenvalue weighted by Gasteiger charge is -2.44. The van der Waals surface area contributed by atoms with Gasteiger partial charge in [-0.25, -0.2) is 0 Å². The molecule has 1 spiro atoms. The Morgan fingerprint density at radius 2 is 1.68 bits per heavy atom. The molecule has 28 heavy (non-hydrogen) atoms. The minimum atomic E-state index is -5.91. The van der Waals surface area contributed by atoms with Gasteiger partial charge in [-0.2, -0.15) is 22.0 Å². The Bertz CT molecular complexity index is 831. The van der Waals surface area contributed by atoms with Crippen LogP contribution in [0.25, 0.3) is 0 Å². The molecule has 1 saturated heterocycles. The summed E-state index contributed by atoms with van der Waals surface area (Å²) >= 11 is 3.26. The molecule has 0 radical (unpaired) electrons. The third-order valence-corrected chi connectivity index (χ3v) is 6.28. The third-order valence-electron chi connectivity index (χ3n) is 5.78. The average molecular weight is 470 g/mol. The summed E-state index contributed by atoms with van der Waals surface area (Å²) in [7, 11) is 0. The second kappa shape index (κ2) is 6.48. The van der Waals surface area contributed by atoms with E-state index in [4.69, 9.17) is 0 Å². The average Bonchev–Trinajstić information content (AvgIpc) is 2.82. The Morgan fingerprint density at radius 3 is 2.21 bits per heavy atom. The van der Waals surface area contributed by atoms with Gasteiger partial charge in [0.1, 0.15) is 11.5 Å². The predicted octanol–water partition coefficient (Wildman–Crippen LogP) is 3.78. The van der Waals surface area contributed by atoms with Crippen molar-refractivity contribution in [2.45, 2.75) is 61.8 Å². The van der Waals surface area contributed by atoms with E-state index in [1.165, 1.54) is 0 Å². The van der Waals surface area contributed by atoms with Crippen LogP contribution in [0.3, 0.4) is 0 Å². The Balaban J connectivity index is 1.88. The first kappa shape index (κ1) is 21.2. The first-order valence-corrected chi connectivity index (χ1v) is 9.33. The van der Waals surface area contributed by atoms with E-state index in [-0.39, 0.29) is 0 Å². The molecule has 1 heterocycles. The highest BCUT2D eigenvalue weighted by Crippen LogP contribution is 2.52. The van der Waals surface area contributed by atoms with Crippen molar-refractivity contribution >= 4 is 27.6 Å². The van der Waals surface area contributed by atoms with Crippen LogP contribution in [0.15, 0.2) is 22.7 Å². The number of hydrogen-bond donors (Lipinski definition) is 2. The lowest BCUT2D eigenvalue weighted by molar-refractivity contribution is -0.347. The zero-order valence-electron chi connectivity index (χ0n) is 14.7. The van der Waals surface area contributed by atoms with E-state index >= 15 is 0 Å². The van der Waals surface area contributed by atoms with E-state index < -0.39 is 66.5 Å². The number of aryl methyl sites for hydroxylation is 1. The highest BCUT2D eigenvalue weighted by Gasteiger charge is 2.71. The van der Waals surface area contributed by atoms with Crippen molar-refractivity contribution in [1.29, 1.82) is 0 Å². The van der Waals surface area contributed by atoms with Crippen LogP contribution in [0.1, 0.15) is 42.7 Å². The summed E-state index contributed by atoms with van der Waals surface area (Å²) in [6, 6.07) is 5.04. The highest BCUT2D eigenvalue weighted by atomic mass is 79.9. The Labute approximate surface area is 165 Å². The molecule has 2 N–H and O–H groups in total. The summed E-state index contributed by atoms with van der Waals surface area (Å²) in [5.41, 5.74) is -3.75. The second-order valence-electron chi connectivity index (χ2n) is 7.47. The van der Waals surface area contributed by atoms with Crippen molar-refractivity contribution in [3.63, 3.8) is 0 Å². The number of hydrogen-bond acceptors (Lipinski definition) is 3. The van der Waals surface area contributed by atoms with Gasteiger partial charge in [-0.3, -0.25) is 9.59 Å². The van der Waals surface area contributed by atoms with Gasteiger partial charge >= 0.3 is 12.1 Å². The molecular weight excluding hydrogens is 453 g/mol. The number of Topliss-reactive ketones (excluding diaryl/α,β-unsaturated/α-hetero) is 1. The zero-order chi connectivity index (χ0) is 21.1. The molecule has 1 aromatic rings. The molecule has 1 aliphatic carbocycles. The maximum absolute atomic E-state index is 13.7. The first-order valence-electron chi connectivity index (χ1n) is 8.53. The summed E-state index contributed by atoms with van der Waals surface area (Å²) in [4.78, 5) is 25.5. The van der Waals surface area contributed by atoms with E-state index in [1.54, 1.807) is 25.1 Å². The van der Waals surface area contributed by atoms with Gasteiger partial charge < -0.3 is 10.4 Å². The Hall–Kier alpha value is -1.55. The summed E-state index contributed by atoms with van der Waals surface area (Å²) in [5.74, 6) is -7.68. The molecular formula is C18H17BrF5NO3. The first-order chi connectivity index (χ1) is 12.7. The van der Waals surface area contributed by atoms with E-state index in [9.17, 15) is 36.6 Å². The van der Waals surface area contributed by atoms with Crippen LogP contribution in [0.2, 0.25) is 0 Å². The zero-order valence-corrected chi connectivity index (χ0v) is 16.3. The molecule has 4 nitrogen and oxygen atoms in total. The monoisotopic (exact) mass is 469 g/mol. The second-order valence-corrected chi connectivity index (χ2v) is 8.39. The number of nitrogens with one attached hydrogen (secondary N) is 1. The number of rotatable bonds is 2. The fraction of sp³-hybridized carbons (Fsp3) is 0.556. The molecule has 1 aromatic carbocycles. The van der Waals surface area contributed by atoms with Gasteiger partial charge in [-0.1, -0.05) is 22.0 Å². The molecule has 0 bridgehead atoms. The van der Waals surface area contributed by atoms with Crippen LogP contribution in [-0.2, 0) is 9.59 Å². The molecule has 3 rings (SSSR count). The summed E-state index contributed by atoms with van der Waals surface area (Å²) in [6.07, 6.45) is -8.83. The van der Waals surface area contributed by atoms with Crippen LogP contribution < -0.4 is 5.32 Å². The van der Waals surface area contributed by atoms with Crippen LogP contribution in [0.5, 0.6) is 0 Å². The summed E-state index contributed by atoms with van der Waals surface area (Å²) in [5, 5.41) is 12.5. The van der Waals surface area contributed by atoms with Crippen LogP contribution >= 0.6 is 15.9 Å². The molecule has 0 aromatic heterocycles. The van der Waals surface area contributed by atoms with Crippen LogP contribution in [0, 0.1) is 6.92 Å². The van der Waals surface area contributed by atoms with Crippen LogP contribution in [-0.4, -0.2) is 40.0 Å². The van der Waals surface area contributed by atoms with E-state index in [2.05, 4.69) is 21.2 Å². The summed E-state index contributed by atoms with van der Waals surface area (Å²) in [6.45, 7) is 1.71. The van der Waals surface area contributed by atoms with Gasteiger partial charge in [-0.05, 0) is 55.9 Å². The Morgan fingerprint density at radius 1 is 1.11 bits per heavy atom. The van der Waals surface area contributed by atoms with Crippen molar-refractivity contribution in [3.05, 3.63) is 33.8 Å². The van der Waals surface area contributed by atoms with Gasteiger partial charge in [0.05, 0.1) is 5.54 Å². The van der Waals surface area contributed by atoms with Gasteiger partial charge in [0, 0.05) is 4.47 Å². The number of carbonyl (C=O) groups excluding carboxylic acids is 2. The highest BCUT2D eigenvalue weighted by molar-refractivity contribution is 9.10. The number of ketones is 1. The molecule has 1 atom stereocenters. The third kappa shape index (κ3) is 3.04. The quantitative estimate of drug-likeness (QED) is 0.511. The maximum Gasteiger partial charge on any atom is 0.456 e. The lowest BCUT2D eigenvalue weighted by atomic mass is 9.69. The fourth-order valence-corrected chi connectivity index (χ4v) is 4.39. The molecule has 1 unspecified atom stereocenters. The normalized spacial score (nSPS) is 31.4. The largest absolute Gasteiger partial charge is 0.456 e. The molecule has 10 heteroatoms. The van der Waals surface area contributed by atoms with E-state index in [1.807, 2.05) is 0 Å². The fourth-order valence-electron chi connectivity index (χ4n) is 4.01. The standard InChI is InChI=1S/C18H17BrF5NO3/c1-9-2-3-10(19)8-11(9)12-13(26)15(25-14(12)27)4-6-16(28,7-5-15)17(20,21)18(22,23)24/h2-3,8,12,28H,4-7H2,1H3,(H,25,27). The van der Waals surface area contributed by atoms with E-state index in [0.717, 1.165) is 0 Å². The van der Waals surface area contributed by atoms with Crippen molar-refractivity contribution in [3.8, 4) is 0 Å². The molecule has 1 amide bonds. The number of carbonyl (C=O) groups is 2. The topological polar surface area (TPSA) is 66.4 Å². The van der Waals surface area contributed by atoms with Gasteiger partial charge in [0.2, 0.25) is 5.91 Å². The Kier molecular flexibility index (Phi) is 4.90. The van der Waals surface area contributed by atoms with E-state index in [0.29, 0.717) is 15.6 Å². The molecule has 1 aliphatic heterocycles. The molecule has 1 saturated carbocycles. The lowest BCUT2D eigenvalue weighted by Crippen LogP contribution is -2.62. The molecule has 2 fully saturated rings. The van der Waals surface area contributed by atoms with Crippen molar-refractivity contribution in [2.24, 2.45) is 0 Å². The number of aliphatic hydroxyl groups is 1. The molecule has 154 valence electrons. The predicted molar refractivity (Wildman–Crippen MR) is 91.9 cm³/mol. The van der Waals surface area contributed by atoms with Crippen molar-refractivity contribution in [1.82, 2.24) is 5.32 Å². The van der Waals surface area contributed by atoms with Crippen molar-refractivity contribution in [2.75, 3.05) is 0 Å². The summed E-state index contributed by atoms with van der Waals surface area (Å²) < 4.78 is 66.2. The number of halogens is 6. The maximum atomic E-state index is 13.7. The smallest absolute Gasteiger partial charge is 0.383 e. The minimum Gasteiger partial charge on any atom is -0.383 e. The number of benzene rings is 1. The number of alkyl halides is 5. The van der Waals surface area contributed by atoms with Crippen LogP contribution in [0.4, 0.5) is 22.0 Å². The van der Waals surface area contributed by atoms with Gasteiger partial charge in [0.25, 0.3) is 0 Å². The van der Waals surface area contributed by atoms with Gasteiger partial charge in [0.15, 0.2) is 5.78 Å². The minimum absolute atomic E-state index is 0.440. The molecule has 2 aliphatic rings.